The first kappa shape index (κ1) is 13.5. The molecule has 0 bridgehead atoms. The first-order chi connectivity index (χ1) is 7.82. The highest BCUT2D eigenvalue weighted by Gasteiger charge is 2.31. The van der Waals surface area contributed by atoms with Gasteiger partial charge in [-0.05, 0) is 30.7 Å². The van der Waals surface area contributed by atoms with Gasteiger partial charge in [-0.1, -0.05) is 5.92 Å². The summed E-state index contributed by atoms with van der Waals surface area (Å²) in [6, 6.07) is 2.13. The standard InChI is InChI=1S/C12H11F4N/c1-3-8(2)17-7-9-4-10(12(14,15)16)6-11(13)5-9/h1,4-6,8,17H,7H2,2H3. The van der Waals surface area contributed by atoms with Crippen LogP contribution in [0.15, 0.2) is 18.2 Å². The molecular weight excluding hydrogens is 234 g/mol. The minimum absolute atomic E-state index is 0.0895. The summed E-state index contributed by atoms with van der Waals surface area (Å²) in [5, 5.41) is 2.78. The van der Waals surface area contributed by atoms with Crippen LogP contribution in [-0.4, -0.2) is 6.04 Å². The monoisotopic (exact) mass is 245 g/mol. The summed E-state index contributed by atoms with van der Waals surface area (Å²) in [7, 11) is 0. The topological polar surface area (TPSA) is 12.0 Å². The van der Waals surface area contributed by atoms with Crippen molar-refractivity contribution < 1.29 is 17.6 Å². The second kappa shape index (κ2) is 5.19. The van der Waals surface area contributed by atoms with Crippen molar-refractivity contribution in [3.05, 3.63) is 35.1 Å². The highest BCUT2D eigenvalue weighted by Crippen LogP contribution is 2.30. The maximum absolute atomic E-state index is 13.0. The third-order valence-electron chi connectivity index (χ3n) is 2.15. The molecule has 17 heavy (non-hydrogen) atoms. The molecule has 1 aromatic rings. The number of terminal acetylenes is 1. The maximum Gasteiger partial charge on any atom is 0.416 e. The maximum atomic E-state index is 13.0. The smallest absolute Gasteiger partial charge is 0.300 e. The van der Waals surface area contributed by atoms with Crippen LogP contribution >= 0.6 is 0 Å². The van der Waals surface area contributed by atoms with Crippen molar-refractivity contribution >= 4 is 0 Å². The fraction of sp³-hybridized carbons (Fsp3) is 0.333. The number of rotatable bonds is 3. The van der Waals surface area contributed by atoms with Gasteiger partial charge in [0, 0.05) is 6.54 Å². The Morgan fingerprint density at radius 3 is 2.53 bits per heavy atom. The number of hydrogen-bond donors (Lipinski definition) is 1. The molecule has 0 aliphatic heterocycles. The largest absolute Gasteiger partial charge is 0.416 e. The fourth-order valence-electron chi connectivity index (χ4n) is 1.25. The van der Waals surface area contributed by atoms with Gasteiger partial charge in [-0.15, -0.1) is 6.42 Å². The molecule has 1 rings (SSSR count). The Balaban J connectivity index is 2.88. The van der Waals surface area contributed by atoms with E-state index in [4.69, 9.17) is 6.42 Å². The molecule has 1 unspecified atom stereocenters. The molecule has 0 fully saturated rings. The van der Waals surface area contributed by atoms with Gasteiger partial charge in [0.1, 0.15) is 5.82 Å². The van der Waals surface area contributed by atoms with Crippen LogP contribution in [0.2, 0.25) is 0 Å². The average Bonchev–Trinajstić information content (AvgIpc) is 2.24. The van der Waals surface area contributed by atoms with E-state index in [1.54, 1.807) is 6.92 Å². The van der Waals surface area contributed by atoms with E-state index >= 15 is 0 Å². The van der Waals surface area contributed by atoms with Gasteiger partial charge in [0.2, 0.25) is 0 Å². The molecule has 1 nitrogen and oxygen atoms in total. The van der Waals surface area contributed by atoms with Gasteiger partial charge in [-0.2, -0.15) is 13.2 Å². The summed E-state index contributed by atoms with van der Waals surface area (Å²) >= 11 is 0. The van der Waals surface area contributed by atoms with Gasteiger partial charge in [0.25, 0.3) is 0 Å². The second-order valence-corrected chi connectivity index (χ2v) is 3.62. The van der Waals surface area contributed by atoms with Gasteiger partial charge in [-0.3, -0.25) is 5.32 Å². The minimum Gasteiger partial charge on any atom is -0.300 e. The molecule has 0 aliphatic rings. The Morgan fingerprint density at radius 1 is 1.35 bits per heavy atom. The third-order valence-corrected chi connectivity index (χ3v) is 2.15. The normalized spacial score (nSPS) is 13.2. The van der Waals surface area contributed by atoms with E-state index in [-0.39, 0.29) is 18.2 Å². The summed E-state index contributed by atoms with van der Waals surface area (Å²) in [6.07, 6.45) is 0.552. The van der Waals surface area contributed by atoms with Crippen molar-refractivity contribution in [2.45, 2.75) is 25.7 Å². The quantitative estimate of drug-likeness (QED) is 0.637. The Kier molecular flexibility index (Phi) is 4.13. The molecule has 1 N–H and O–H groups in total. The SMILES string of the molecule is C#CC(C)NCc1cc(F)cc(C(F)(F)F)c1. The summed E-state index contributed by atoms with van der Waals surface area (Å²) in [4.78, 5) is 0. The first-order valence-electron chi connectivity index (χ1n) is 4.89. The Bertz CT molecular complexity index is 431. The van der Waals surface area contributed by atoms with Crippen LogP contribution in [0.4, 0.5) is 17.6 Å². The Morgan fingerprint density at radius 2 is 2.00 bits per heavy atom. The first-order valence-corrected chi connectivity index (χ1v) is 4.89. The molecule has 0 aromatic heterocycles. The van der Waals surface area contributed by atoms with E-state index in [9.17, 15) is 17.6 Å². The van der Waals surface area contributed by atoms with E-state index in [1.165, 1.54) is 0 Å². The molecule has 0 spiro atoms. The Hall–Kier alpha value is -1.54. The molecule has 0 saturated heterocycles. The number of benzene rings is 1. The minimum atomic E-state index is -4.55. The van der Waals surface area contributed by atoms with Crippen molar-refractivity contribution in [2.24, 2.45) is 0 Å². The third kappa shape index (κ3) is 4.08. The van der Waals surface area contributed by atoms with E-state index < -0.39 is 17.6 Å². The molecule has 0 heterocycles. The van der Waals surface area contributed by atoms with Crippen molar-refractivity contribution in [3.63, 3.8) is 0 Å². The summed E-state index contributed by atoms with van der Waals surface area (Å²) in [6.45, 7) is 1.77. The van der Waals surface area contributed by atoms with Crippen molar-refractivity contribution in [2.75, 3.05) is 0 Å². The van der Waals surface area contributed by atoms with E-state index in [0.717, 1.165) is 12.1 Å². The Labute approximate surface area is 96.8 Å². The predicted molar refractivity (Wildman–Crippen MR) is 56.5 cm³/mol. The zero-order valence-electron chi connectivity index (χ0n) is 9.11. The molecule has 5 heteroatoms. The lowest BCUT2D eigenvalue weighted by atomic mass is 10.1. The van der Waals surface area contributed by atoms with Crippen LogP contribution in [0.25, 0.3) is 0 Å². The molecule has 0 aliphatic carbocycles. The van der Waals surface area contributed by atoms with E-state index in [1.807, 2.05) is 0 Å². The van der Waals surface area contributed by atoms with Gasteiger partial charge in [0.15, 0.2) is 0 Å². The second-order valence-electron chi connectivity index (χ2n) is 3.62. The van der Waals surface area contributed by atoms with Crippen LogP contribution in [0.3, 0.4) is 0 Å². The average molecular weight is 245 g/mol. The van der Waals surface area contributed by atoms with Crippen LogP contribution in [0.5, 0.6) is 0 Å². The lowest BCUT2D eigenvalue weighted by molar-refractivity contribution is -0.137. The van der Waals surface area contributed by atoms with Crippen LogP contribution < -0.4 is 5.32 Å². The zero-order chi connectivity index (χ0) is 13.1. The van der Waals surface area contributed by atoms with Gasteiger partial charge in [0.05, 0.1) is 11.6 Å². The van der Waals surface area contributed by atoms with Crippen LogP contribution in [0, 0.1) is 18.2 Å². The summed E-state index contributed by atoms with van der Waals surface area (Å²) in [5.41, 5.74) is -0.790. The molecule has 0 saturated carbocycles. The zero-order valence-corrected chi connectivity index (χ0v) is 9.11. The summed E-state index contributed by atoms with van der Waals surface area (Å²) < 4.78 is 50.2. The molecule has 92 valence electrons. The highest BCUT2D eigenvalue weighted by atomic mass is 19.4. The number of nitrogens with one attached hydrogen (secondary N) is 1. The molecule has 0 radical (unpaired) electrons. The molecule has 1 aromatic carbocycles. The highest BCUT2D eigenvalue weighted by molar-refractivity contribution is 5.27. The molecule has 1 atom stereocenters. The molecular formula is C12H11F4N. The van der Waals surface area contributed by atoms with Crippen molar-refractivity contribution in [1.29, 1.82) is 0 Å². The number of hydrogen-bond acceptors (Lipinski definition) is 1. The number of halogens is 4. The lowest BCUT2D eigenvalue weighted by Gasteiger charge is -2.11. The van der Waals surface area contributed by atoms with Crippen molar-refractivity contribution in [1.82, 2.24) is 5.32 Å². The van der Waals surface area contributed by atoms with Gasteiger partial charge >= 0.3 is 6.18 Å². The van der Waals surface area contributed by atoms with Crippen molar-refractivity contribution in [3.8, 4) is 12.3 Å². The lowest BCUT2D eigenvalue weighted by Crippen LogP contribution is -2.23. The van der Waals surface area contributed by atoms with Crippen LogP contribution in [0.1, 0.15) is 18.1 Å². The number of alkyl halides is 3. The van der Waals surface area contributed by atoms with Gasteiger partial charge < -0.3 is 0 Å². The molecule has 0 amide bonds. The van der Waals surface area contributed by atoms with Gasteiger partial charge in [-0.25, -0.2) is 4.39 Å². The summed E-state index contributed by atoms with van der Waals surface area (Å²) in [5.74, 6) is 1.46. The van der Waals surface area contributed by atoms with Crippen LogP contribution in [-0.2, 0) is 12.7 Å². The van der Waals surface area contributed by atoms with E-state index in [0.29, 0.717) is 6.07 Å². The predicted octanol–water partition coefficient (Wildman–Crippen LogP) is 2.96. The fourth-order valence-corrected chi connectivity index (χ4v) is 1.25. The van der Waals surface area contributed by atoms with E-state index in [2.05, 4.69) is 11.2 Å².